The molecule has 1 N–H and O–H groups in total. The van der Waals surface area contributed by atoms with Crippen LogP contribution in [0.5, 0.6) is 0 Å². The van der Waals surface area contributed by atoms with Gasteiger partial charge in [0.15, 0.2) is 0 Å². The number of rotatable bonds is 8. The number of sulfonamides is 1. The van der Waals surface area contributed by atoms with Gasteiger partial charge < -0.3 is 5.32 Å². The number of nitrogens with one attached hydrogen (secondary N) is 1. The molecule has 0 heterocycles. The predicted octanol–water partition coefficient (Wildman–Crippen LogP) is 2.46. The smallest absolute Gasteiger partial charge is 0.221 e. The molecule has 0 fully saturated rings. The zero-order chi connectivity index (χ0) is 18.3. The molecule has 0 atom stereocenters. The Hall–Kier alpha value is -2.18. The van der Waals surface area contributed by atoms with Crippen LogP contribution in [0.1, 0.15) is 23.1 Å². The van der Waals surface area contributed by atoms with Crippen molar-refractivity contribution >= 4 is 15.9 Å². The molecule has 5 nitrogen and oxygen atoms in total. The number of carbonyl (C=O) groups is 1. The fourth-order valence-corrected chi connectivity index (χ4v) is 3.29. The lowest BCUT2D eigenvalue weighted by atomic mass is 10.1. The van der Waals surface area contributed by atoms with E-state index in [1.54, 1.807) is 0 Å². The SMILES string of the molecule is Cc1cccc(CN(CCC(=O)NCc2ccccc2)S(C)(=O)=O)c1. The van der Waals surface area contributed by atoms with Gasteiger partial charge in [0, 0.05) is 26.1 Å². The van der Waals surface area contributed by atoms with Crippen molar-refractivity contribution in [2.75, 3.05) is 12.8 Å². The van der Waals surface area contributed by atoms with Crippen LogP contribution >= 0.6 is 0 Å². The highest BCUT2D eigenvalue weighted by molar-refractivity contribution is 7.88. The first-order chi connectivity index (χ1) is 11.8. The van der Waals surface area contributed by atoms with Crippen molar-refractivity contribution in [2.24, 2.45) is 0 Å². The third-order valence-electron chi connectivity index (χ3n) is 3.83. The molecule has 2 rings (SSSR count). The van der Waals surface area contributed by atoms with Crippen molar-refractivity contribution in [2.45, 2.75) is 26.4 Å². The number of nitrogens with zero attached hydrogens (tertiary/aromatic N) is 1. The fraction of sp³-hybridized carbons (Fsp3) is 0.316. The Morgan fingerprint density at radius 1 is 1.04 bits per heavy atom. The number of carbonyl (C=O) groups excluding carboxylic acids is 1. The third-order valence-corrected chi connectivity index (χ3v) is 5.08. The van der Waals surface area contributed by atoms with Gasteiger partial charge in [0.25, 0.3) is 0 Å². The summed E-state index contributed by atoms with van der Waals surface area (Å²) in [5, 5.41) is 2.82. The van der Waals surface area contributed by atoms with Gasteiger partial charge in [-0.15, -0.1) is 0 Å². The van der Waals surface area contributed by atoms with E-state index in [0.29, 0.717) is 6.54 Å². The van der Waals surface area contributed by atoms with E-state index in [1.807, 2.05) is 61.5 Å². The molecule has 2 aromatic carbocycles. The highest BCUT2D eigenvalue weighted by atomic mass is 32.2. The van der Waals surface area contributed by atoms with Crippen molar-refractivity contribution in [3.05, 3.63) is 71.3 Å². The van der Waals surface area contributed by atoms with Crippen LogP contribution in [0.4, 0.5) is 0 Å². The third kappa shape index (κ3) is 6.68. The monoisotopic (exact) mass is 360 g/mol. The van der Waals surface area contributed by atoms with Crippen LogP contribution in [0, 0.1) is 6.92 Å². The molecule has 0 aliphatic heterocycles. The van der Waals surface area contributed by atoms with Crippen LogP contribution in [0.2, 0.25) is 0 Å². The molecule has 1 amide bonds. The number of amides is 1. The fourth-order valence-electron chi connectivity index (χ4n) is 2.49. The van der Waals surface area contributed by atoms with Gasteiger partial charge >= 0.3 is 0 Å². The van der Waals surface area contributed by atoms with Gasteiger partial charge in [0.2, 0.25) is 15.9 Å². The summed E-state index contributed by atoms with van der Waals surface area (Å²) in [5.74, 6) is -0.165. The Bertz CT molecular complexity index is 804. The van der Waals surface area contributed by atoms with E-state index in [4.69, 9.17) is 0 Å². The Morgan fingerprint density at radius 3 is 2.36 bits per heavy atom. The van der Waals surface area contributed by atoms with Crippen molar-refractivity contribution in [1.82, 2.24) is 9.62 Å². The first-order valence-corrected chi connectivity index (χ1v) is 10.0. The van der Waals surface area contributed by atoms with Crippen LogP contribution in [0.3, 0.4) is 0 Å². The Kier molecular flexibility index (Phi) is 6.73. The molecule has 134 valence electrons. The lowest BCUT2D eigenvalue weighted by Crippen LogP contribution is -2.34. The largest absolute Gasteiger partial charge is 0.352 e. The molecule has 0 aliphatic rings. The lowest BCUT2D eigenvalue weighted by molar-refractivity contribution is -0.121. The van der Waals surface area contributed by atoms with Crippen LogP contribution in [-0.2, 0) is 27.9 Å². The zero-order valence-corrected chi connectivity index (χ0v) is 15.4. The molecule has 0 aliphatic carbocycles. The Labute approximate surface area is 149 Å². The van der Waals surface area contributed by atoms with Gasteiger partial charge in [0.05, 0.1) is 6.26 Å². The van der Waals surface area contributed by atoms with Crippen LogP contribution < -0.4 is 5.32 Å². The number of hydrogen-bond donors (Lipinski definition) is 1. The highest BCUT2D eigenvalue weighted by Gasteiger charge is 2.18. The second-order valence-electron chi connectivity index (χ2n) is 6.10. The van der Waals surface area contributed by atoms with Crippen molar-refractivity contribution in [3.63, 3.8) is 0 Å². The summed E-state index contributed by atoms with van der Waals surface area (Å²) >= 11 is 0. The number of hydrogen-bond acceptors (Lipinski definition) is 3. The van der Waals surface area contributed by atoms with Gasteiger partial charge in [-0.1, -0.05) is 60.2 Å². The molecule has 0 radical (unpaired) electrons. The summed E-state index contributed by atoms with van der Waals surface area (Å²) in [5.41, 5.74) is 3.00. The molecule has 0 bridgehead atoms. The second-order valence-corrected chi connectivity index (χ2v) is 8.08. The topological polar surface area (TPSA) is 66.5 Å². The average molecular weight is 360 g/mol. The standard InChI is InChI=1S/C19H24N2O3S/c1-16-7-6-10-18(13-16)15-21(25(2,23)24)12-11-19(22)20-14-17-8-4-3-5-9-17/h3-10,13H,11-12,14-15H2,1-2H3,(H,20,22). The van der Waals surface area contributed by atoms with Crippen LogP contribution in [0.15, 0.2) is 54.6 Å². The average Bonchev–Trinajstić information content (AvgIpc) is 2.56. The van der Waals surface area contributed by atoms with Gasteiger partial charge in [-0.2, -0.15) is 4.31 Å². The van der Waals surface area contributed by atoms with E-state index in [1.165, 1.54) is 10.6 Å². The molecule has 0 unspecified atom stereocenters. The van der Waals surface area contributed by atoms with Crippen molar-refractivity contribution < 1.29 is 13.2 Å². The predicted molar refractivity (Wildman–Crippen MR) is 99.3 cm³/mol. The zero-order valence-electron chi connectivity index (χ0n) is 14.6. The Morgan fingerprint density at radius 2 is 1.72 bits per heavy atom. The molecule has 0 saturated carbocycles. The number of aryl methyl sites for hydroxylation is 1. The summed E-state index contributed by atoms with van der Waals surface area (Å²) < 4.78 is 25.4. The van der Waals surface area contributed by atoms with Crippen molar-refractivity contribution in [3.8, 4) is 0 Å². The maximum atomic E-state index is 12.0. The van der Waals surface area contributed by atoms with E-state index in [2.05, 4.69) is 5.32 Å². The minimum Gasteiger partial charge on any atom is -0.352 e. The van der Waals surface area contributed by atoms with Gasteiger partial charge in [-0.25, -0.2) is 8.42 Å². The highest BCUT2D eigenvalue weighted by Crippen LogP contribution is 2.11. The number of benzene rings is 2. The summed E-state index contributed by atoms with van der Waals surface area (Å²) in [4.78, 5) is 12.0. The summed E-state index contributed by atoms with van der Waals surface area (Å²) in [6, 6.07) is 17.3. The van der Waals surface area contributed by atoms with Gasteiger partial charge in [-0.05, 0) is 18.1 Å². The first kappa shape index (κ1) is 19.1. The van der Waals surface area contributed by atoms with Gasteiger partial charge in [0.1, 0.15) is 0 Å². The van der Waals surface area contributed by atoms with E-state index < -0.39 is 10.0 Å². The first-order valence-electron chi connectivity index (χ1n) is 8.16. The van der Waals surface area contributed by atoms with E-state index in [9.17, 15) is 13.2 Å². The molecule has 6 heteroatoms. The van der Waals surface area contributed by atoms with Crippen LogP contribution in [0.25, 0.3) is 0 Å². The van der Waals surface area contributed by atoms with E-state index in [-0.39, 0.29) is 25.4 Å². The summed E-state index contributed by atoms with van der Waals surface area (Å²) in [7, 11) is -3.39. The van der Waals surface area contributed by atoms with E-state index >= 15 is 0 Å². The minimum atomic E-state index is -3.39. The normalized spacial score (nSPS) is 11.5. The van der Waals surface area contributed by atoms with E-state index in [0.717, 1.165) is 16.7 Å². The second kappa shape index (κ2) is 8.78. The lowest BCUT2D eigenvalue weighted by Gasteiger charge is -2.20. The summed E-state index contributed by atoms with van der Waals surface area (Å²) in [6.07, 6.45) is 1.30. The molecule has 25 heavy (non-hydrogen) atoms. The Balaban J connectivity index is 1.90. The van der Waals surface area contributed by atoms with Crippen LogP contribution in [-0.4, -0.2) is 31.4 Å². The van der Waals surface area contributed by atoms with Crippen molar-refractivity contribution in [1.29, 1.82) is 0 Å². The maximum absolute atomic E-state index is 12.0. The maximum Gasteiger partial charge on any atom is 0.221 e. The molecule has 2 aromatic rings. The quantitative estimate of drug-likeness (QED) is 0.786. The molecular weight excluding hydrogens is 336 g/mol. The molecular formula is C19H24N2O3S. The summed E-state index contributed by atoms with van der Waals surface area (Å²) in [6.45, 7) is 2.83. The van der Waals surface area contributed by atoms with Gasteiger partial charge in [-0.3, -0.25) is 4.79 Å². The molecule has 0 spiro atoms. The molecule has 0 aromatic heterocycles. The molecule has 0 saturated heterocycles. The minimum absolute atomic E-state index is 0.131.